The number of hydrogen-bond donors (Lipinski definition) is 0. The van der Waals surface area contributed by atoms with Crippen molar-refractivity contribution in [1.82, 2.24) is 0 Å². The highest BCUT2D eigenvalue weighted by Crippen LogP contribution is 2.07. The van der Waals surface area contributed by atoms with Crippen molar-refractivity contribution in [2.75, 3.05) is 0 Å². The lowest BCUT2D eigenvalue weighted by Gasteiger charge is -2.02. The topological polar surface area (TPSA) is 12.4 Å². The number of hydrogen-bond acceptors (Lipinski definition) is 1. The minimum Gasteiger partial charge on any atom is -0.262 e. The predicted octanol–water partition coefficient (Wildman–Crippen LogP) is 3.65. The minimum absolute atomic E-state index is 1.08. The maximum absolute atomic E-state index is 4.29. The van der Waals surface area contributed by atoms with Crippen LogP contribution in [0.5, 0.6) is 0 Å². The molecule has 0 amide bonds. The Morgan fingerprint density at radius 3 is 3.00 bits per heavy atom. The van der Waals surface area contributed by atoms with E-state index in [1.54, 1.807) is 0 Å². The fourth-order valence-corrected chi connectivity index (χ4v) is 1.27. The molecule has 0 bridgehead atoms. The first-order valence-corrected chi connectivity index (χ1v) is 4.91. The predicted molar refractivity (Wildman–Crippen MR) is 59.0 cm³/mol. The third-order valence-corrected chi connectivity index (χ3v) is 2.18. The summed E-state index contributed by atoms with van der Waals surface area (Å²) in [6, 6.07) is 0. The Labute approximate surface area is 80.6 Å². The van der Waals surface area contributed by atoms with Crippen LogP contribution in [0.4, 0.5) is 0 Å². The van der Waals surface area contributed by atoms with Crippen LogP contribution in [-0.4, -0.2) is 5.71 Å². The molecule has 0 N–H and O–H groups in total. The van der Waals surface area contributed by atoms with Crippen molar-refractivity contribution >= 4 is 5.71 Å². The first kappa shape index (κ1) is 9.97. The van der Waals surface area contributed by atoms with Gasteiger partial charge >= 0.3 is 0 Å². The van der Waals surface area contributed by atoms with Gasteiger partial charge in [0, 0.05) is 11.9 Å². The Morgan fingerprint density at radius 2 is 2.46 bits per heavy atom. The lowest BCUT2D eigenvalue weighted by Crippen LogP contribution is -1.95. The van der Waals surface area contributed by atoms with E-state index in [2.05, 4.69) is 43.1 Å². The van der Waals surface area contributed by atoms with Crippen LogP contribution in [0.15, 0.2) is 41.1 Å². The third-order valence-electron chi connectivity index (χ3n) is 2.18. The SMILES string of the molecule is C/C=C(\C=C/C1=NC=CCC1)CC. The van der Waals surface area contributed by atoms with E-state index in [-0.39, 0.29) is 0 Å². The fraction of sp³-hybridized carbons (Fsp3) is 0.417. The molecule has 0 aromatic rings. The second kappa shape index (κ2) is 5.52. The van der Waals surface area contributed by atoms with Gasteiger partial charge in [-0.2, -0.15) is 0 Å². The summed E-state index contributed by atoms with van der Waals surface area (Å²) in [5, 5.41) is 0. The largest absolute Gasteiger partial charge is 0.262 e. The highest BCUT2D eigenvalue weighted by Gasteiger charge is 1.96. The van der Waals surface area contributed by atoms with Crippen molar-refractivity contribution in [2.45, 2.75) is 33.1 Å². The summed E-state index contributed by atoms with van der Waals surface area (Å²) in [6.07, 6.45) is 13.7. The van der Waals surface area contributed by atoms with Gasteiger partial charge in [0.2, 0.25) is 0 Å². The lowest BCUT2D eigenvalue weighted by atomic mass is 10.1. The second-order valence-corrected chi connectivity index (χ2v) is 3.09. The number of nitrogens with zero attached hydrogens (tertiary/aromatic N) is 1. The Hall–Kier alpha value is -1.11. The first-order valence-electron chi connectivity index (χ1n) is 4.91. The molecule has 1 aliphatic rings. The van der Waals surface area contributed by atoms with Crippen LogP contribution in [0, 0.1) is 0 Å². The molecule has 13 heavy (non-hydrogen) atoms. The molecule has 0 fully saturated rings. The molecule has 1 heteroatoms. The molecule has 1 rings (SSSR count). The molecule has 0 radical (unpaired) electrons. The molecule has 1 aliphatic heterocycles. The summed E-state index contributed by atoms with van der Waals surface area (Å²) in [6.45, 7) is 4.24. The fourth-order valence-electron chi connectivity index (χ4n) is 1.27. The molecule has 0 unspecified atom stereocenters. The summed E-state index contributed by atoms with van der Waals surface area (Å²) in [4.78, 5) is 4.29. The third kappa shape index (κ3) is 3.41. The zero-order valence-electron chi connectivity index (χ0n) is 8.46. The Morgan fingerprint density at radius 1 is 1.62 bits per heavy atom. The zero-order valence-corrected chi connectivity index (χ0v) is 8.46. The standard InChI is InChI=1S/C12H17N/c1-3-11(4-2)8-9-12-7-5-6-10-13-12/h3,6,8-10H,4-5,7H2,1-2H3/b9-8-,11-3-. The van der Waals surface area contributed by atoms with E-state index < -0.39 is 0 Å². The van der Waals surface area contributed by atoms with Gasteiger partial charge in [-0.1, -0.05) is 30.7 Å². The molecule has 0 saturated heterocycles. The molecular formula is C12H17N. The lowest BCUT2D eigenvalue weighted by molar-refractivity contribution is 1.06. The average Bonchev–Trinajstić information content (AvgIpc) is 2.21. The quantitative estimate of drug-likeness (QED) is 0.581. The van der Waals surface area contributed by atoms with Gasteiger partial charge in [-0.25, -0.2) is 0 Å². The molecule has 0 aromatic carbocycles. The number of allylic oxidation sites excluding steroid dienone is 5. The van der Waals surface area contributed by atoms with E-state index in [1.165, 1.54) is 11.3 Å². The Bertz CT molecular complexity index is 267. The minimum atomic E-state index is 1.08. The molecule has 0 spiro atoms. The molecule has 70 valence electrons. The van der Waals surface area contributed by atoms with Gasteiger partial charge in [-0.05, 0) is 32.3 Å². The van der Waals surface area contributed by atoms with Crippen molar-refractivity contribution in [1.29, 1.82) is 0 Å². The van der Waals surface area contributed by atoms with E-state index in [9.17, 15) is 0 Å². The van der Waals surface area contributed by atoms with Gasteiger partial charge in [0.15, 0.2) is 0 Å². The van der Waals surface area contributed by atoms with Crippen LogP contribution in [0.25, 0.3) is 0 Å². The zero-order chi connectivity index (χ0) is 9.52. The summed E-state index contributed by atoms with van der Waals surface area (Å²) < 4.78 is 0. The van der Waals surface area contributed by atoms with Gasteiger partial charge in [0.25, 0.3) is 0 Å². The van der Waals surface area contributed by atoms with Crippen molar-refractivity contribution in [3.05, 3.63) is 36.1 Å². The maximum atomic E-state index is 4.29. The summed E-state index contributed by atoms with van der Waals surface area (Å²) >= 11 is 0. The first-order chi connectivity index (χ1) is 6.36. The smallest absolute Gasteiger partial charge is 0.0406 e. The normalized spacial score (nSPS) is 18.0. The molecule has 0 aromatic heterocycles. The van der Waals surface area contributed by atoms with Crippen molar-refractivity contribution in [2.24, 2.45) is 4.99 Å². The summed E-state index contributed by atoms with van der Waals surface area (Å²) in [5.41, 5.74) is 2.56. The molecular weight excluding hydrogens is 158 g/mol. The van der Waals surface area contributed by atoms with E-state index in [4.69, 9.17) is 0 Å². The van der Waals surface area contributed by atoms with E-state index in [0.29, 0.717) is 0 Å². The molecule has 1 heterocycles. The van der Waals surface area contributed by atoms with Crippen LogP contribution < -0.4 is 0 Å². The van der Waals surface area contributed by atoms with E-state index in [0.717, 1.165) is 19.3 Å². The molecule has 1 nitrogen and oxygen atoms in total. The van der Waals surface area contributed by atoms with Gasteiger partial charge in [-0.3, -0.25) is 4.99 Å². The van der Waals surface area contributed by atoms with Crippen molar-refractivity contribution < 1.29 is 0 Å². The highest BCUT2D eigenvalue weighted by atomic mass is 14.7. The van der Waals surface area contributed by atoms with Gasteiger partial charge in [0.05, 0.1) is 0 Å². The molecule has 0 aliphatic carbocycles. The highest BCUT2D eigenvalue weighted by molar-refractivity contribution is 5.96. The van der Waals surface area contributed by atoms with Crippen LogP contribution in [0.2, 0.25) is 0 Å². The van der Waals surface area contributed by atoms with Crippen LogP contribution in [0.3, 0.4) is 0 Å². The van der Waals surface area contributed by atoms with E-state index in [1.807, 2.05) is 6.20 Å². The van der Waals surface area contributed by atoms with E-state index >= 15 is 0 Å². The molecule has 0 saturated carbocycles. The van der Waals surface area contributed by atoms with Gasteiger partial charge in [0.1, 0.15) is 0 Å². The monoisotopic (exact) mass is 175 g/mol. The van der Waals surface area contributed by atoms with Crippen LogP contribution >= 0.6 is 0 Å². The van der Waals surface area contributed by atoms with Crippen molar-refractivity contribution in [3.63, 3.8) is 0 Å². The van der Waals surface area contributed by atoms with Gasteiger partial charge in [-0.15, -0.1) is 0 Å². The Balaban J connectivity index is 2.56. The summed E-state index contributed by atoms with van der Waals surface area (Å²) in [7, 11) is 0. The van der Waals surface area contributed by atoms with Gasteiger partial charge < -0.3 is 0 Å². The maximum Gasteiger partial charge on any atom is 0.0406 e. The Kier molecular flexibility index (Phi) is 4.24. The van der Waals surface area contributed by atoms with Crippen LogP contribution in [-0.2, 0) is 0 Å². The number of rotatable bonds is 3. The van der Waals surface area contributed by atoms with Crippen LogP contribution in [0.1, 0.15) is 33.1 Å². The average molecular weight is 175 g/mol. The number of aliphatic imine (C=N–C) groups is 1. The summed E-state index contributed by atoms with van der Waals surface area (Å²) in [5.74, 6) is 0. The molecule has 0 atom stereocenters. The second-order valence-electron chi connectivity index (χ2n) is 3.09. The van der Waals surface area contributed by atoms with Crippen molar-refractivity contribution in [3.8, 4) is 0 Å².